The Kier molecular flexibility index (Phi) is 8.37. The van der Waals surface area contributed by atoms with Gasteiger partial charge in [0, 0.05) is 23.7 Å². The van der Waals surface area contributed by atoms with E-state index in [9.17, 15) is 9.90 Å². The van der Waals surface area contributed by atoms with E-state index in [1.807, 2.05) is 24.4 Å². The summed E-state index contributed by atoms with van der Waals surface area (Å²) in [7, 11) is 0. The maximum Gasteiger partial charge on any atom is 0.169 e. The number of dihydropyridines is 1. The molecule has 2 aliphatic carbocycles. The normalized spacial score (nSPS) is 23.4. The van der Waals surface area contributed by atoms with Gasteiger partial charge in [-0.3, -0.25) is 14.8 Å². The highest BCUT2D eigenvalue weighted by Crippen LogP contribution is 2.40. The lowest BCUT2D eigenvalue weighted by molar-refractivity contribution is 0.0968. The summed E-state index contributed by atoms with van der Waals surface area (Å²) in [6.07, 6.45) is 17.8. The summed E-state index contributed by atoms with van der Waals surface area (Å²) in [4.78, 5) is 23.1. The van der Waals surface area contributed by atoms with Crippen LogP contribution in [-0.4, -0.2) is 28.1 Å². The van der Waals surface area contributed by atoms with Gasteiger partial charge in [-0.05, 0) is 79.3 Å². The molecule has 214 valence electrons. The third-order valence-electron chi connectivity index (χ3n) is 9.02. The molecule has 3 unspecified atom stereocenters. The van der Waals surface area contributed by atoms with E-state index in [0.29, 0.717) is 17.5 Å². The fraction of sp³-hybridized carbons (Fsp3) is 0.441. The van der Waals surface area contributed by atoms with Crippen LogP contribution in [0.4, 0.5) is 5.69 Å². The van der Waals surface area contributed by atoms with Crippen LogP contribution < -0.4 is 5.32 Å². The third-order valence-corrected chi connectivity index (χ3v) is 9.60. The Bertz CT molecular complexity index is 1500. The second kappa shape index (κ2) is 12.1. The lowest BCUT2D eigenvalue weighted by Crippen LogP contribution is -2.22. The van der Waals surface area contributed by atoms with E-state index in [2.05, 4.69) is 23.3 Å². The predicted molar refractivity (Wildman–Crippen MR) is 169 cm³/mol. The van der Waals surface area contributed by atoms with Gasteiger partial charge in [0.1, 0.15) is 0 Å². The number of nitrogens with one attached hydrogen (secondary N) is 1. The zero-order valence-electron chi connectivity index (χ0n) is 23.5. The molecule has 1 aromatic heterocycles. The number of nitrogens with zero attached hydrogens (tertiary/aromatic N) is 2. The Morgan fingerprint density at radius 3 is 2.41 bits per heavy atom. The molecule has 6 rings (SSSR count). The summed E-state index contributed by atoms with van der Waals surface area (Å²) >= 11 is 12.5. The number of hydrogen-bond donors (Lipinski definition) is 2. The number of aromatic nitrogens is 1. The number of hydrogen-bond acceptors (Lipinski definition) is 5. The molecule has 2 aromatic carbocycles. The molecule has 2 N–H and O–H groups in total. The molecular weight excluding hydrogens is 553 g/mol. The van der Waals surface area contributed by atoms with Gasteiger partial charge in [-0.15, -0.1) is 0 Å². The Hall–Kier alpha value is -2.89. The van der Waals surface area contributed by atoms with Gasteiger partial charge in [0.15, 0.2) is 11.5 Å². The van der Waals surface area contributed by atoms with Gasteiger partial charge in [0.25, 0.3) is 0 Å². The number of benzene rings is 2. The van der Waals surface area contributed by atoms with E-state index < -0.39 is 0 Å². The molecule has 3 atom stereocenters. The van der Waals surface area contributed by atoms with Crippen LogP contribution in [0.15, 0.2) is 53.3 Å². The van der Waals surface area contributed by atoms with E-state index >= 15 is 0 Å². The van der Waals surface area contributed by atoms with Crippen LogP contribution in [0.25, 0.3) is 22.0 Å². The molecule has 0 amide bonds. The summed E-state index contributed by atoms with van der Waals surface area (Å²) in [5, 5.41) is 14.9. The second-order valence-corrected chi connectivity index (χ2v) is 13.0. The molecule has 2 heterocycles. The summed E-state index contributed by atoms with van der Waals surface area (Å²) in [5.74, 6) is 1.54. The third kappa shape index (κ3) is 6.32. The van der Waals surface area contributed by atoms with Crippen molar-refractivity contribution in [1.82, 2.24) is 4.98 Å². The number of aliphatic imine (C=N–C) groups is 1. The number of Topliss-reactive ketones (excluding diaryl/α,β-unsaturated/α-hetero) is 1. The van der Waals surface area contributed by atoms with Crippen LogP contribution >= 0.6 is 23.2 Å². The number of fused-ring (bicyclic) bond motifs is 1. The Labute approximate surface area is 252 Å². The summed E-state index contributed by atoms with van der Waals surface area (Å²) < 4.78 is 0. The number of rotatable bonds is 6. The number of allylic oxidation sites excluding steroid dienone is 1. The minimum atomic E-state index is -0.134. The van der Waals surface area contributed by atoms with Crippen molar-refractivity contribution in [3.8, 4) is 16.9 Å². The highest BCUT2D eigenvalue weighted by molar-refractivity contribution is 6.37. The lowest BCUT2D eigenvalue weighted by atomic mass is 9.87. The Balaban J connectivity index is 1.30. The van der Waals surface area contributed by atoms with Crippen molar-refractivity contribution in [3.05, 3.63) is 63.9 Å². The molecule has 3 aliphatic rings. The topological polar surface area (TPSA) is 74.6 Å². The molecule has 0 saturated heterocycles. The molecule has 0 bridgehead atoms. The first kappa shape index (κ1) is 28.2. The van der Waals surface area contributed by atoms with Crippen molar-refractivity contribution in [2.45, 2.75) is 77.2 Å². The minimum absolute atomic E-state index is 0.0668. The molecule has 2 saturated carbocycles. The lowest BCUT2D eigenvalue weighted by Gasteiger charge is -2.26. The van der Waals surface area contributed by atoms with Crippen molar-refractivity contribution in [2.75, 3.05) is 5.32 Å². The zero-order chi connectivity index (χ0) is 28.5. The van der Waals surface area contributed by atoms with E-state index in [4.69, 9.17) is 28.2 Å². The number of ketones is 1. The zero-order valence-corrected chi connectivity index (χ0v) is 25.0. The fourth-order valence-electron chi connectivity index (χ4n) is 6.37. The van der Waals surface area contributed by atoms with E-state index in [-0.39, 0.29) is 27.5 Å². The molecule has 0 spiro atoms. The van der Waals surface area contributed by atoms with E-state index in [1.54, 1.807) is 18.3 Å². The minimum Gasteiger partial charge on any atom is -0.505 e. The monoisotopic (exact) mass is 589 g/mol. The van der Waals surface area contributed by atoms with Crippen LogP contribution in [0.3, 0.4) is 0 Å². The number of carbonyl (C=O) groups excluding carboxylic acids is 1. The van der Waals surface area contributed by atoms with Crippen molar-refractivity contribution in [2.24, 2.45) is 22.7 Å². The SMILES string of the molecule is CC1CCCCC(C2CC=C(Nc3c(C(=O)C4CC4)cnc4ccc(-c5cc(Cl)c(O)c(Cl)c5)cc34)C=N2)CCC1. The first-order chi connectivity index (χ1) is 19.9. The standard InChI is InChI=1S/C34H37Cl2N3O2/c1-20-5-2-3-7-21(8-4-6-20)30-14-12-25(18-37-30)39-32-26-15-23(24-16-28(35)34(41)29(36)17-24)11-13-31(26)38-19-27(32)33(40)22-9-10-22/h11-13,15-22,30,41H,2-10,14H2,1H3,(H,38,39). The smallest absolute Gasteiger partial charge is 0.169 e. The van der Waals surface area contributed by atoms with Crippen molar-refractivity contribution >= 4 is 51.8 Å². The molecular formula is C34H37Cl2N3O2. The molecule has 0 radical (unpaired) electrons. The van der Waals surface area contributed by atoms with Gasteiger partial charge < -0.3 is 10.4 Å². The molecule has 3 aromatic rings. The number of pyridine rings is 1. The van der Waals surface area contributed by atoms with Gasteiger partial charge >= 0.3 is 0 Å². The molecule has 41 heavy (non-hydrogen) atoms. The fourth-order valence-corrected chi connectivity index (χ4v) is 6.86. The van der Waals surface area contributed by atoms with E-state index in [1.165, 1.54) is 44.9 Å². The first-order valence-corrected chi connectivity index (χ1v) is 15.8. The van der Waals surface area contributed by atoms with E-state index in [0.717, 1.165) is 58.6 Å². The Morgan fingerprint density at radius 2 is 1.68 bits per heavy atom. The van der Waals surface area contributed by atoms with Crippen molar-refractivity contribution in [1.29, 1.82) is 0 Å². The van der Waals surface area contributed by atoms with Gasteiger partial charge in [-0.25, -0.2) is 0 Å². The number of anilines is 1. The first-order valence-electron chi connectivity index (χ1n) is 15.0. The van der Waals surface area contributed by atoms with Crippen LogP contribution in [0.2, 0.25) is 10.0 Å². The summed E-state index contributed by atoms with van der Waals surface area (Å²) in [6.45, 7) is 2.39. The number of phenolic OH excluding ortho intramolecular Hbond substituents is 1. The largest absolute Gasteiger partial charge is 0.505 e. The number of phenols is 1. The highest BCUT2D eigenvalue weighted by Gasteiger charge is 2.33. The average molecular weight is 591 g/mol. The van der Waals surface area contributed by atoms with Crippen LogP contribution in [0, 0.1) is 17.8 Å². The van der Waals surface area contributed by atoms with Gasteiger partial charge in [-0.2, -0.15) is 0 Å². The van der Waals surface area contributed by atoms with Gasteiger partial charge in [0.2, 0.25) is 0 Å². The van der Waals surface area contributed by atoms with Crippen molar-refractivity contribution in [3.63, 3.8) is 0 Å². The number of carbonyl (C=O) groups is 1. The van der Waals surface area contributed by atoms with Gasteiger partial charge in [0.05, 0.1) is 38.6 Å². The molecule has 5 nitrogen and oxygen atoms in total. The molecule has 2 fully saturated rings. The summed E-state index contributed by atoms with van der Waals surface area (Å²) in [6, 6.07) is 9.61. The van der Waals surface area contributed by atoms with Crippen molar-refractivity contribution < 1.29 is 9.90 Å². The van der Waals surface area contributed by atoms with Crippen LogP contribution in [-0.2, 0) is 0 Å². The molecule has 7 heteroatoms. The maximum atomic E-state index is 13.4. The van der Waals surface area contributed by atoms with Gasteiger partial charge in [-0.1, -0.05) is 74.4 Å². The summed E-state index contributed by atoms with van der Waals surface area (Å²) in [5.41, 5.74) is 4.71. The maximum absolute atomic E-state index is 13.4. The predicted octanol–water partition coefficient (Wildman–Crippen LogP) is 9.64. The molecule has 1 aliphatic heterocycles. The van der Waals surface area contributed by atoms with Crippen LogP contribution in [0.1, 0.15) is 81.5 Å². The van der Waals surface area contributed by atoms with Crippen LogP contribution in [0.5, 0.6) is 5.75 Å². The second-order valence-electron chi connectivity index (χ2n) is 12.2. The number of aromatic hydroxyl groups is 1. The highest BCUT2D eigenvalue weighted by atomic mass is 35.5. The number of halogens is 2. The average Bonchev–Trinajstić information content (AvgIpc) is 3.81. The quantitative estimate of drug-likeness (QED) is 0.280. The Morgan fingerprint density at radius 1 is 0.951 bits per heavy atom.